The highest BCUT2D eigenvalue weighted by atomic mass is 31.2. The van der Waals surface area contributed by atoms with E-state index in [1.807, 2.05) is 0 Å². The predicted octanol–water partition coefficient (Wildman–Crippen LogP) is 22.8. The van der Waals surface area contributed by atoms with Crippen molar-refractivity contribution < 1.29 is 80.2 Å². The van der Waals surface area contributed by atoms with Crippen molar-refractivity contribution in [2.75, 3.05) is 39.6 Å². The van der Waals surface area contributed by atoms with E-state index in [0.29, 0.717) is 25.7 Å². The van der Waals surface area contributed by atoms with Gasteiger partial charge in [0.2, 0.25) is 0 Å². The highest BCUT2D eigenvalue weighted by molar-refractivity contribution is 7.47. The molecule has 0 rings (SSSR count). The van der Waals surface area contributed by atoms with Crippen LogP contribution in [-0.4, -0.2) is 96.7 Å². The van der Waals surface area contributed by atoms with Crippen LogP contribution in [-0.2, 0) is 65.4 Å². The topological polar surface area (TPSA) is 237 Å². The number of carbonyl (C=O) groups excluding carboxylic acids is 4. The molecule has 0 radical (unpaired) electrons. The van der Waals surface area contributed by atoms with E-state index >= 15 is 0 Å². The van der Waals surface area contributed by atoms with Crippen LogP contribution in [0.25, 0.3) is 0 Å². The summed E-state index contributed by atoms with van der Waals surface area (Å²) in [5.74, 6) is -1.40. The molecule has 3 N–H and O–H groups in total. The summed E-state index contributed by atoms with van der Waals surface area (Å²) < 4.78 is 68.4. The van der Waals surface area contributed by atoms with Crippen LogP contribution in [0.3, 0.4) is 0 Å². The Labute approximate surface area is 592 Å². The molecular formula is C78H148O17P2. The molecule has 0 amide bonds. The van der Waals surface area contributed by atoms with Crippen LogP contribution in [0, 0.1) is 5.92 Å². The lowest BCUT2D eigenvalue weighted by Gasteiger charge is -2.21. The summed E-state index contributed by atoms with van der Waals surface area (Å²) in [4.78, 5) is 72.7. The fraction of sp³-hybridized carbons (Fsp3) is 0.897. The number of aliphatic hydroxyl groups excluding tert-OH is 1. The first-order valence-electron chi connectivity index (χ1n) is 40.0. The molecule has 0 aliphatic rings. The summed E-state index contributed by atoms with van der Waals surface area (Å²) in [5.41, 5.74) is 0. The van der Waals surface area contributed by atoms with E-state index in [2.05, 4.69) is 58.9 Å². The molecular weight excluding hydrogens is 1270 g/mol. The molecule has 0 aliphatic carbocycles. The van der Waals surface area contributed by atoms with Crippen molar-refractivity contribution in [1.82, 2.24) is 0 Å². The number of hydrogen-bond donors (Lipinski definition) is 3. The van der Waals surface area contributed by atoms with E-state index in [0.717, 1.165) is 128 Å². The maximum absolute atomic E-state index is 13.1. The first-order chi connectivity index (χ1) is 47.0. The minimum atomic E-state index is -4.96. The van der Waals surface area contributed by atoms with Gasteiger partial charge in [-0.3, -0.25) is 37.3 Å². The highest BCUT2D eigenvalue weighted by Crippen LogP contribution is 2.45. The number of allylic oxidation sites excluding steroid dienone is 4. The third-order valence-corrected chi connectivity index (χ3v) is 19.6. The zero-order valence-electron chi connectivity index (χ0n) is 62.7. The molecule has 0 aromatic rings. The Morgan fingerprint density at radius 1 is 0.320 bits per heavy atom. The molecule has 17 nitrogen and oxygen atoms in total. The lowest BCUT2D eigenvalue weighted by atomic mass is 10.0. The van der Waals surface area contributed by atoms with E-state index in [9.17, 15) is 43.2 Å². The van der Waals surface area contributed by atoms with Crippen LogP contribution in [0.4, 0.5) is 0 Å². The third-order valence-electron chi connectivity index (χ3n) is 17.7. The van der Waals surface area contributed by atoms with Gasteiger partial charge in [-0.1, -0.05) is 335 Å². The summed E-state index contributed by atoms with van der Waals surface area (Å²) in [6.45, 7) is 7.18. The van der Waals surface area contributed by atoms with Crippen LogP contribution < -0.4 is 0 Å². The number of esters is 4. The average molecular weight is 1420 g/mol. The van der Waals surface area contributed by atoms with Gasteiger partial charge >= 0.3 is 39.5 Å². The van der Waals surface area contributed by atoms with Crippen LogP contribution in [0.15, 0.2) is 24.3 Å². The molecule has 0 aliphatic heterocycles. The molecule has 97 heavy (non-hydrogen) atoms. The lowest BCUT2D eigenvalue weighted by Crippen LogP contribution is -2.30. The predicted molar refractivity (Wildman–Crippen MR) is 395 cm³/mol. The van der Waals surface area contributed by atoms with Crippen molar-refractivity contribution in [3.05, 3.63) is 24.3 Å². The molecule has 0 heterocycles. The largest absolute Gasteiger partial charge is 0.472 e. The van der Waals surface area contributed by atoms with E-state index in [1.54, 1.807) is 0 Å². The van der Waals surface area contributed by atoms with Gasteiger partial charge in [-0.05, 0) is 57.3 Å². The zero-order chi connectivity index (χ0) is 71.2. The Hall–Kier alpha value is -2.46. The van der Waals surface area contributed by atoms with Gasteiger partial charge in [0.25, 0.3) is 0 Å². The van der Waals surface area contributed by atoms with Gasteiger partial charge in [0.05, 0.1) is 26.4 Å². The summed E-state index contributed by atoms with van der Waals surface area (Å²) in [6.07, 6.45) is 63.6. The Morgan fingerprint density at radius 2 is 0.557 bits per heavy atom. The molecule has 0 bridgehead atoms. The highest BCUT2D eigenvalue weighted by Gasteiger charge is 2.30. The molecule has 0 saturated carbocycles. The van der Waals surface area contributed by atoms with Crippen LogP contribution in [0.1, 0.15) is 388 Å². The number of hydrogen-bond acceptors (Lipinski definition) is 15. The van der Waals surface area contributed by atoms with E-state index in [1.165, 1.54) is 180 Å². The van der Waals surface area contributed by atoms with E-state index in [4.69, 9.17) is 37.0 Å². The maximum Gasteiger partial charge on any atom is 0.472 e. The second-order valence-electron chi connectivity index (χ2n) is 27.9. The number of carbonyl (C=O) groups is 4. The normalized spacial score (nSPS) is 14.1. The minimum absolute atomic E-state index is 0.102. The smallest absolute Gasteiger partial charge is 0.462 e. The zero-order valence-corrected chi connectivity index (χ0v) is 64.5. The first-order valence-corrected chi connectivity index (χ1v) is 42.9. The Kier molecular flexibility index (Phi) is 68.8. The molecule has 2 unspecified atom stereocenters. The standard InChI is InChI=1S/C78H148O17P2/c1-6-9-12-15-18-20-22-24-26-27-28-29-30-31-32-34-36-38-43-48-53-58-63-77(82)95-74(68-89-76(81)62-57-52-47-42-37-35-33-25-23-21-19-16-13-10-7-2)70-93-97(86,87)91-66-72(79)65-90-96(84,85)92-69-73(67-88-75(80)61-56-51-45-17-14-11-8-3)94-78(83)64-59-54-49-44-40-39-41-46-50-55-60-71(4)5/h21,23,25,33,71-74,79H,6-20,22,24,26-32,34-70H2,1-5H3,(H,84,85)(H,86,87)/b23-21-,33-25-/t72-,73+,74+/m0/s1. The van der Waals surface area contributed by atoms with E-state index in [-0.39, 0.29) is 25.7 Å². The second kappa shape index (κ2) is 70.6. The molecule has 0 aromatic heterocycles. The molecule has 0 spiro atoms. The van der Waals surface area contributed by atoms with Crippen molar-refractivity contribution in [3.8, 4) is 0 Å². The molecule has 19 heteroatoms. The molecule has 0 saturated heterocycles. The molecule has 5 atom stereocenters. The quantitative estimate of drug-likeness (QED) is 0.0169. The minimum Gasteiger partial charge on any atom is -0.462 e. The Morgan fingerprint density at radius 3 is 0.845 bits per heavy atom. The van der Waals surface area contributed by atoms with Gasteiger partial charge < -0.3 is 33.8 Å². The number of ether oxygens (including phenoxy) is 4. The van der Waals surface area contributed by atoms with Gasteiger partial charge in [0.1, 0.15) is 19.3 Å². The average Bonchev–Trinajstić information content (AvgIpc) is 3.05. The van der Waals surface area contributed by atoms with Crippen molar-refractivity contribution in [2.45, 2.75) is 406 Å². The number of rotatable bonds is 76. The number of unbranched alkanes of at least 4 members (excludes halogenated alkanes) is 45. The third kappa shape index (κ3) is 71.7. The fourth-order valence-electron chi connectivity index (χ4n) is 11.5. The summed E-state index contributed by atoms with van der Waals surface area (Å²) in [6, 6.07) is 0. The monoisotopic (exact) mass is 1420 g/mol. The van der Waals surface area contributed by atoms with Gasteiger partial charge in [-0.15, -0.1) is 0 Å². The van der Waals surface area contributed by atoms with E-state index < -0.39 is 97.5 Å². The van der Waals surface area contributed by atoms with Gasteiger partial charge in [-0.2, -0.15) is 0 Å². The van der Waals surface area contributed by atoms with Crippen molar-refractivity contribution >= 4 is 39.5 Å². The number of phosphoric acid groups is 2. The fourth-order valence-corrected chi connectivity index (χ4v) is 13.1. The van der Waals surface area contributed by atoms with Gasteiger partial charge in [0, 0.05) is 25.7 Å². The Bertz CT molecular complexity index is 1950. The summed E-state index contributed by atoms with van der Waals surface area (Å²) >= 11 is 0. The van der Waals surface area contributed by atoms with Gasteiger partial charge in [-0.25, -0.2) is 9.13 Å². The molecule has 572 valence electrons. The second-order valence-corrected chi connectivity index (χ2v) is 30.8. The summed E-state index contributed by atoms with van der Waals surface area (Å²) in [5, 5.41) is 10.6. The molecule has 0 fully saturated rings. The molecule has 0 aromatic carbocycles. The van der Waals surface area contributed by atoms with Crippen molar-refractivity contribution in [3.63, 3.8) is 0 Å². The maximum atomic E-state index is 13.1. The van der Waals surface area contributed by atoms with Gasteiger partial charge in [0.15, 0.2) is 12.2 Å². The SMILES string of the molecule is CCCCCC/C=C\C=C/CCCCCCCC(=O)OC[C@H](COP(=O)(O)OC[C@@H](O)COP(=O)(O)OC[C@@H](COC(=O)CCCCCCCCC)OC(=O)CCCCCCCCCCCCC(C)C)OC(=O)CCCCCCCCCCCCCCCCCCCCCCCC. The van der Waals surface area contributed by atoms with Crippen LogP contribution in [0.5, 0.6) is 0 Å². The van der Waals surface area contributed by atoms with Crippen molar-refractivity contribution in [1.29, 1.82) is 0 Å². The van der Waals surface area contributed by atoms with Crippen molar-refractivity contribution in [2.24, 2.45) is 5.92 Å². The first kappa shape index (κ1) is 94.5. The van der Waals surface area contributed by atoms with Crippen LogP contribution >= 0.6 is 15.6 Å². The number of aliphatic hydroxyl groups is 1. The lowest BCUT2D eigenvalue weighted by molar-refractivity contribution is -0.161. The Balaban J connectivity index is 5.19. The number of phosphoric ester groups is 2. The van der Waals surface area contributed by atoms with Crippen LogP contribution in [0.2, 0.25) is 0 Å². The summed E-state index contributed by atoms with van der Waals surface area (Å²) in [7, 11) is -9.92.